The molecule has 1 amide bonds. The molecule has 0 radical (unpaired) electrons. The van der Waals surface area contributed by atoms with E-state index in [2.05, 4.69) is 13.8 Å². The van der Waals surface area contributed by atoms with Gasteiger partial charge >= 0.3 is 0 Å². The molecule has 2 aliphatic rings. The number of carbonyl (C=O) groups is 2. The molecule has 4 nitrogen and oxygen atoms in total. The Bertz CT molecular complexity index is 1070. The molecule has 31 heavy (non-hydrogen) atoms. The van der Waals surface area contributed by atoms with Gasteiger partial charge in [0.15, 0.2) is 5.78 Å². The van der Waals surface area contributed by atoms with E-state index in [0.29, 0.717) is 35.1 Å². The number of carbonyl (C=O) groups excluding carboxylic acids is 2. The van der Waals surface area contributed by atoms with Crippen LogP contribution in [0.15, 0.2) is 53.7 Å². The summed E-state index contributed by atoms with van der Waals surface area (Å²) in [6, 6.07) is 12.7. The number of amides is 1. The fourth-order valence-corrected chi connectivity index (χ4v) is 5.16. The van der Waals surface area contributed by atoms with Crippen molar-refractivity contribution in [2.75, 3.05) is 11.5 Å². The van der Waals surface area contributed by atoms with E-state index in [1.165, 1.54) is 0 Å². The number of anilines is 1. The molecule has 0 spiro atoms. The average Bonchev–Trinajstić information content (AvgIpc) is 2.67. The SMILES string of the molecule is CCOc1ccc(N2C(=O)CC(c3ccc(Cl)cc3Cl)C3=C2CC(C)(C)CC3=O)cc1. The highest BCUT2D eigenvalue weighted by atomic mass is 35.5. The standard InChI is InChI=1S/C25H25Cl2NO3/c1-4-31-17-8-6-16(7-9-17)28-21-13-25(2,3)14-22(29)24(21)19(12-23(28)30)18-10-5-15(26)11-20(18)27/h5-11,19H,4,12-14H2,1-3H3. The second kappa shape index (κ2) is 8.33. The third kappa shape index (κ3) is 4.24. The summed E-state index contributed by atoms with van der Waals surface area (Å²) in [7, 11) is 0. The molecule has 1 heterocycles. The van der Waals surface area contributed by atoms with Gasteiger partial charge in [0.05, 0.1) is 6.61 Å². The first kappa shape index (κ1) is 21.9. The van der Waals surface area contributed by atoms with Crippen molar-refractivity contribution in [3.8, 4) is 5.75 Å². The van der Waals surface area contributed by atoms with Crippen molar-refractivity contribution < 1.29 is 14.3 Å². The van der Waals surface area contributed by atoms with Crippen molar-refractivity contribution >= 4 is 40.6 Å². The lowest BCUT2D eigenvalue weighted by Crippen LogP contribution is -2.43. The van der Waals surface area contributed by atoms with Gasteiger partial charge in [-0.1, -0.05) is 43.1 Å². The molecule has 0 fully saturated rings. The zero-order valence-corrected chi connectivity index (χ0v) is 19.4. The predicted octanol–water partition coefficient (Wildman–Crippen LogP) is 6.56. The summed E-state index contributed by atoms with van der Waals surface area (Å²) in [4.78, 5) is 28.5. The Labute approximate surface area is 192 Å². The van der Waals surface area contributed by atoms with Crippen LogP contribution in [0.25, 0.3) is 0 Å². The molecule has 162 valence electrons. The predicted molar refractivity (Wildman–Crippen MR) is 124 cm³/mol. The van der Waals surface area contributed by atoms with Crippen molar-refractivity contribution in [3.05, 3.63) is 69.3 Å². The van der Waals surface area contributed by atoms with E-state index < -0.39 is 0 Å². The molecule has 2 aromatic rings. The first-order chi connectivity index (χ1) is 14.7. The quantitative estimate of drug-likeness (QED) is 0.522. The van der Waals surface area contributed by atoms with Gasteiger partial charge in [0.1, 0.15) is 5.75 Å². The third-order valence-electron chi connectivity index (χ3n) is 5.89. The number of ketones is 1. The van der Waals surface area contributed by atoms with E-state index in [9.17, 15) is 9.59 Å². The van der Waals surface area contributed by atoms with Gasteiger partial charge in [0.2, 0.25) is 5.91 Å². The molecule has 0 N–H and O–H groups in total. The molecule has 1 atom stereocenters. The monoisotopic (exact) mass is 457 g/mol. The van der Waals surface area contributed by atoms with Gasteiger partial charge in [-0.15, -0.1) is 0 Å². The number of nitrogens with zero attached hydrogens (tertiary/aromatic N) is 1. The van der Waals surface area contributed by atoms with Crippen molar-refractivity contribution in [1.29, 1.82) is 0 Å². The maximum absolute atomic E-state index is 13.4. The highest BCUT2D eigenvalue weighted by molar-refractivity contribution is 6.35. The number of rotatable bonds is 4. The van der Waals surface area contributed by atoms with E-state index in [1.54, 1.807) is 17.0 Å². The summed E-state index contributed by atoms with van der Waals surface area (Å²) in [5.74, 6) is 0.403. The Morgan fingerprint density at radius 3 is 2.42 bits per heavy atom. The minimum atomic E-state index is -0.366. The van der Waals surface area contributed by atoms with E-state index >= 15 is 0 Å². The van der Waals surface area contributed by atoms with Gasteiger partial charge in [-0.2, -0.15) is 0 Å². The fraction of sp³-hybridized carbons (Fsp3) is 0.360. The lowest BCUT2D eigenvalue weighted by Gasteiger charge is -2.43. The Kier molecular flexibility index (Phi) is 5.89. The number of hydrogen-bond donors (Lipinski definition) is 0. The first-order valence-corrected chi connectivity index (χ1v) is 11.2. The molecule has 0 bridgehead atoms. The van der Waals surface area contributed by atoms with Crippen LogP contribution in [0.3, 0.4) is 0 Å². The van der Waals surface area contributed by atoms with Crippen LogP contribution in [0.1, 0.15) is 51.5 Å². The van der Waals surface area contributed by atoms with Crippen LogP contribution in [-0.4, -0.2) is 18.3 Å². The molecule has 0 saturated heterocycles. The van der Waals surface area contributed by atoms with Gasteiger partial charge in [0, 0.05) is 45.8 Å². The Balaban J connectivity index is 1.85. The van der Waals surface area contributed by atoms with Crippen LogP contribution in [-0.2, 0) is 9.59 Å². The zero-order chi connectivity index (χ0) is 22.3. The van der Waals surface area contributed by atoms with E-state index in [1.807, 2.05) is 37.3 Å². The fourth-order valence-electron chi connectivity index (χ4n) is 4.62. The third-order valence-corrected chi connectivity index (χ3v) is 6.45. The highest BCUT2D eigenvalue weighted by Gasteiger charge is 2.44. The Morgan fingerprint density at radius 2 is 1.77 bits per heavy atom. The lowest BCUT2D eigenvalue weighted by atomic mass is 9.69. The van der Waals surface area contributed by atoms with Crippen LogP contribution in [0.2, 0.25) is 10.0 Å². The number of benzene rings is 2. The van der Waals surface area contributed by atoms with Gasteiger partial charge in [-0.05, 0) is 60.7 Å². The highest BCUT2D eigenvalue weighted by Crippen LogP contribution is 2.49. The molecular weight excluding hydrogens is 433 g/mol. The van der Waals surface area contributed by atoms with E-state index in [-0.39, 0.29) is 29.4 Å². The minimum Gasteiger partial charge on any atom is -0.494 e. The second-order valence-electron chi connectivity index (χ2n) is 8.88. The smallest absolute Gasteiger partial charge is 0.232 e. The number of ether oxygens (including phenoxy) is 1. The van der Waals surface area contributed by atoms with Gasteiger partial charge in [-0.3, -0.25) is 14.5 Å². The second-order valence-corrected chi connectivity index (χ2v) is 9.72. The number of halogens is 2. The van der Waals surface area contributed by atoms with Crippen molar-refractivity contribution in [2.45, 2.75) is 46.0 Å². The van der Waals surface area contributed by atoms with Crippen LogP contribution in [0.5, 0.6) is 5.75 Å². The molecule has 1 aliphatic heterocycles. The van der Waals surface area contributed by atoms with E-state index in [0.717, 1.165) is 22.7 Å². The maximum Gasteiger partial charge on any atom is 0.232 e. The van der Waals surface area contributed by atoms with Crippen LogP contribution in [0.4, 0.5) is 5.69 Å². The summed E-state index contributed by atoms with van der Waals surface area (Å²) in [5, 5.41) is 1.00. The summed E-state index contributed by atoms with van der Waals surface area (Å²) in [5.41, 5.74) is 2.75. The van der Waals surface area contributed by atoms with Crippen molar-refractivity contribution in [2.24, 2.45) is 5.41 Å². The summed E-state index contributed by atoms with van der Waals surface area (Å²) in [6.45, 7) is 6.63. The van der Waals surface area contributed by atoms with Crippen molar-refractivity contribution in [3.63, 3.8) is 0 Å². The lowest BCUT2D eigenvalue weighted by molar-refractivity contribution is -0.121. The molecule has 0 saturated carbocycles. The minimum absolute atomic E-state index is 0.0515. The topological polar surface area (TPSA) is 46.6 Å². The summed E-state index contributed by atoms with van der Waals surface area (Å²) < 4.78 is 5.53. The average molecular weight is 458 g/mol. The van der Waals surface area contributed by atoms with Crippen molar-refractivity contribution in [1.82, 2.24) is 0 Å². The number of hydrogen-bond acceptors (Lipinski definition) is 3. The van der Waals surface area contributed by atoms with E-state index in [4.69, 9.17) is 27.9 Å². The molecule has 4 rings (SSSR count). The molecular formula is C25H25Cl2NO3. The molecule has 6 heteroatoms. The summed E-state index contributed by atoms with van der Waals surface area (Å²) in [6.07, 6.45) is 1.26. The summed E-state index contributed by atoms with van der Waals surface area (Å²) >= 11 is 12.6. The van der Waals surface area contributed by atoms with Gasteiger partial charge in [-0.25, -0.2) is 0 Å². The molecule has 1 unspecified atom stereocenters. The Hall–Kier alpha value is -2.30. The maximum atomic E-state index is 13.4. The zero-order valence-electron chi connectivity index (χ0n) is 17.9. The first-order valence-electron chi connectivity index (χ1n) is 10.5. The largest absolute Gasteiger partial charge is 0.494 e. The molecule has 0 aromatic heterocycles. The van der Waals surface area contributed by atoms with Crippen LogP contribution >= 0.6 is 23.2 Å². The number of allylic oxidation sites excluding steroid dienone is 2. The molecule has 2 aromatic carbocycles. The Morgan fingerprint density at radius 1 is 1.06 bits per heavy atom. The van der Waals surface area contributed by atoms with Gasteiger partial charge in [0.25, 0.3) is 0 Å². The number of Topliss-reactive ketones (excluding diaryl/α,β-unsaturated/α-hetero) is 1. The normalized spacial score (nSPS) is 20.7. The van der Waals surface area contributed by atoms with Crippen LogP contribution < -0.4 is 9.64 Å². The van der Waals surface area contributed by atoms with Gasteiger partial charge < -0.3 is 4.74 Å². The van der Waals surface area contributed by atoms with Crippen LogP contribution in [0, 0.1) is 5.41 Å². The molecule has 1 aliphatic carbocycles.